The molecule has 1 aliphatic heterocycles. The average Bonchev–Trinajstić information content (AvgIpc) is 2.04. The molecule has 2 heteroatoms. The van der Waals surface area contributed by atoms with Gasteiger partial charge in [0.1, 0.15) is 0 Å². The Hall–Kier alpha value is -1.31. The second-order valence-electron chi connectivity index (χ2n) is 3.18. The maximum absolute atomic E-state index is 5.65. The van der Waals surface area contributed by atoms with Gasteiger partial charge in [0.15, 0.2) is 0 Å². The molecule has 2 N–H and O–H groups in total. The SMILES string of the molecule is Cc1cccc2c1CCC(N)=N2. The van der Waals surface area contributed by atoms with Crippen LogP contribution in [0.3, 0.4) is 0 Å². The van der Waals surface area contributed by atoms with Crippen molar-refractivity contribution in [2.45, 2.75) is 19.8 Å². The van der Waals surface area contributed by atoms with E-state index in [0.717, 1.165) is 24.4 Å². The van der Waals surface area contributed by atoms with E-state index in [2.05, 4.69) is 18.0 Å². The Morgan fingerprint density at radius 3 is 3.00 bits per heavy atom. The molecule has 2 rings (SSSR count). The third-order valence-electron chi connectivity index (χ3n) is 2.28. The number of aliphatic imine (C=N–C) groups is 1. The zero-order chi connectivity index (χ0) is 8.55. The molecule has 0 spiro atoms. The summed E-state index contributed by atoms with van der Waals surface area (Å²) in [5.74, 6) is 0.758. The molecule has 1 heterocycles. The molecule has 1 aromatic carbocycles. The Bertz CT molecular complexity index is 340. The van der Waals surface area contributed by atoms with Crippen molar-refractivity contribution in [3.63, 3.8) is 0 Å². The van der Waals surface area contributed by atoms with Crippen LogP contribution in [0.2, 0.25) is 0 Å². The first-order valence-corrected chi connectivity index (χ1v) is 4.19. The minimum Gasteiger partial charge on any atom is -0.387 e. The van der Waals surface area contributed by atoms with Gasteiger partial charge in [0, 0.05) is 6.42 Å². The number of nitrogens with zero attached hydrogens (tertiary/aromatic N) is 1. The third kappa shape index (κ3) is 1.09. The van der Waals surface area contributed by atoms with Crippen molar-refractivity contribution >= 4 is 11.5 Å². The molecule has 0 aliphatic carbocycles. The predicted octanol–water partition coefficient (Wildman–Crippen LogP) is 1.93. The minimum atomic E-state index is 0.758. The summed E-state index contributed by atoms with van der Waals surface area (Å²) in [6.45, 7) is 2.12. The summed E-state index contributed by atoms with van der Waals surface area (Å²) in [5, 5.41) is 0. The Labute approximate surface area is 72.1 Å². The molecule has 0 amide bonds. The molecular weight excluding hydrogens is 148 g/mol. The van der Waals surface area contributed by atoms with E-state index in [1.165, 1.54) is 11.1 Å². The quantitative estimate of drug-likeness (QED) is 0.618. The molecule has 62 valence electrons. The Balaban J connectivity index is 2.57. The number of fused-ring (bicyclic) bond motifs is 1. The number of rotatable bonds is 0. The Kier molecular flexibility index (Phi) is 1.61. The molecule has 0 bridgehead atoms. The van der Waals surface area contributed by atoms with E-state index in [9.17, 15) is 0 Å². The fourth-order valence-corrected chi connectivity index (χ4v) is 1.58. The highest BCUT2D eigenvalue weighted by molar-refractivity contribution is 5.85. The van der Waals surface area contributed by atoms with Crippen molar-refractivity contribution in [1.29, 1.82) is 0 Å². The molecule has 0 radical (unpaired) electrons. The number of nitrogens with two attached hydrogens (primary N) is 1. The zero-order valence-electron chi connectivity index (χ0n) is 7.17. The third-order valence-corrected chi connectivity index (χ3v) is 2.28. The predicted molar refractivity (Wildman–Crippen MR) is 50.8 cm³/mol. The van der Waals surface area contributed by atoms with E-state index in [1.54, 1.807) is 0 Å². The molecule has 1 aromatic rings. The van der Waals surface area contributed by atoms with E-state index < -0.39 is 0 Å². The van der Waals surface area contributed by atoms with Gasteiger partial charge in [-0.15, -0.1) is 0 Å². The summed E-state index contributed by atoms with van der Waals surface area (Å²) < 4.78 is 0. The lowest BCUT2D eigenvalue weighted by Gasteiger charge is -2.14. The highest BCUT2D eigenvalue weighted by atomic mass is 14.9. The standard InChI is InChI=1S/C10H12N2/c1-7-3-2-4-9-8(7)5-6-10(11)12-9/h2-4H,5-6H2,1H3,(H2,11,12). The van der Waals surface area contributed by atoms with E-state index in [1.807, 2.05) is 12.1 Å². The normalized spacial score (nSPS) is 15.2. The van der Waals surface area contributed by atoms with Crippen LogP contribution in [-0.2, 0) is 6.42 Å². The lowest BCUT2D eigenvalue weighted by Crippen LogP contribution is -2.15. The molecular formula is C10H12N2. The van der Waals surface area contributed by atoms with Crippen LogP contribution in [0.4, 0.5) is 5.69 Å². The fourth-order valence-electron chi connectivity index (χ4n) is 1.58. The van der Waals surface area contributed by atoms with Crippen LogP contribution < -0.4 is 5.73 Å². The van der Waals surface area contributed by atoms with Crippen molar-refractivity contribution in [1.82, 2.24) is 0 Å². The summed E-state index contributed by atoms with van der Waals surface area (Å²) >= 11 is 0. The van der Waals surface area contributed by atoms with Gasteiger partial charge < -0.3 is 5.73 Å². The summed E-state index contributed by atoms with van der Waals surface area (Å²) in [5.41, 5.74) is 9.38. The van der Waals surface area contributed by atoms with Gasteiger partial charge in [-0.2, -0.15) is 0 Å². The summed E-state index contributed by atoms with van der Waals surface area (Å²) in [6.07, 6.45) is 1.94. The number of hydrogen-bond acceptors (Lipinski definition) is 2. The van der Waals surface area contributed by atoms with E-state index in [0.29, 0.717) is 0 Å². The highest BCUT2D eigenvalue weighted by Crippen LogP contribution is 2.27. The monoisotopic (exact) mass is 160 g/mol. The molecule has 2 nitrogen and oxygen atoms in total. The number of benzene rings is 1. The van der Waals surface area contributed by atoms with Gasteiger partial charge in [-0.1, -0.05) is 12.1 Å². The van der Waals surface area contributed by atoms with E-state index >= 15 is 0 Å². The molecule has 1 aliphatic rings. The number of hydrogen-bond donors (Lipinski definition) is 1. The minimum absolute atomic E-state index is 0.758. The molecule has 0 fully saturated rings. The van der Waals surface area contributed by atoms with Crippen molar-refractivity contribution in [2.24, 2.45) is 10.7 Å². The van der Waals surface area contributed by atoms with Gasteiger partial charge in [0.25, 0.3) is 0 Å². The smallest absolute Gasteiger partial charge is 0.0999 e. The zero-order valence-corrected chi connectivity index (χ0v) is 7.17. The topological polar surface area (TPSA) is 38.4 Å². The van der Waals surface area contributed by atoms with Gasteiger partial charge >= 0.3 is 0 Å². The van der Waals surface area contributed by atoms with Crippen LogP contribution in [0, 0.1) is 6.92 Å². The van der Waals surface area contributed by atoms with Crippen LogP contribution in [0.5, 0.6) is 0 Å². The largest absolute Gasteiger partial charge is 0.387 e. The highest BCUT2D eigenvalue weighted by Gasteiger charge is 2.10. The van der Waals surface area contributed by atoms with Gasteiger partial charge in [0.05, 0.1) is 11.5 Å². The van der Waals surface area contributed by atoms with Crippen LogP contribution in [-0.4, -0.2) is 5.84 Å². The first-order chi connectivity index (χ1) is 5.77. The molecule has 0 aromatic heterocycles. The molecule has 0 saturated heterocycles. The van der Waals surface area contributed by atoms with Crippen LogP contribution in [0.1, 0.15) is 17.5 Å². The molecule has 12 heavy (non-hydrogen) atoms. The molecule has 0 unspecified atom stereocenters. The molecule has 0 atom stereocenters. The maximum Gasteiger partial charge on any atom is 0.0999 e. The lowest BCUT2D eigenvalue weighted by atomic mass is 9.99. The van der Waals surface area contributed by atoms with Crippen LogP contribution >= 0.6 is 0 Å². The van der Waals surface area contributed by atoms with Crippen LogP contribution in [0.25, 0.3) is 0 Å². The Morgan fingerprint density at radius 2 is 2.17 bits per heavy atom. The van der Waals surface area contributed by atoms with Crippen molar-refractivity contribution < 1.29 is 0 Å². The first-order valence-electron chi connectivity index (χ1n) is 4.19. The molecule has 0 saturated carbocycles. The summed E-state index contributed by atoms with van der Waals surface area (Å²) in [6, 6.07) is 6.17. The maximum atomic E-state index is 5.65. The van der Waals surface area contributed by atoms with Gasteiger partial charge in [-0.05, 0) is 30.5 Å². The van der Waals surface area contributed by atoms with Crippen molar-refractivity contribution in [2.75, 3.05) is 0 Å². The van der Waals surface area contributed by atoms with E-state index in [-0.39, 0.29) is 0 Å². The second-order valence-corrected chi connectivity index (χ2v) is 3.18. The van der Waals surface area contributed by atoms with Crippen LogP contribution in [0.15, 0.2) is 23.2 Å². The summed E-state index contributed by atoms with van der Waals surface area (Å²) in [7, 11) is 0. The van der Waals surface area contributed by atoms with Gasteiger partial charge in [-0.25, -0.2) is 4.99 Å². The lowest BCUT2D eigenvalue weighted by molar-refractivity contribution is 0.981. The summed E-state index contributed by atoms with van der Waals surface area (Å²) in [4.78, 5) is 4.30. The van der Waals surface area contributed by atoms with E-state index in [4.69, 9.17) is 5.73 Å². The number of aryl methyl sites for hydroxylation is 1. The second kappa shape index (κ2) is 2.63. The van der Waals surface area contributed by atoms with Gasteiger partial charge in [0.2, 0.25) is 0 Å². The Morgan fingerprint density at radius 1 is 1.33 bits per heavy atom. The van der Waals surface area contributed by atoms with Gasteiger partial charge in [-0.3, -0.25) is 0 Å². The van der Waals surface area contributed by atoms with Crippen molar-refractivity contribution in [3.8, 4) is 0 Å². The number of amidine groups is 1. The average molecular weight is 160 g/mol. The fraction of sp³-hybridized carbons (Fsp3) is 0.300. The first kappa shape index (κ1) is 7.35. The van der Waals surface area contributed by atoms with Crippen molar-refractivity contribution in [3.05, 3.63) is 29.3 Å².